The molecule has 0 unspecified atom stereocenters. The SMILES string of the molecule is CNc1ncnc2c1ncn2Cc1ccccc1F.CS(=O)(=O)O. The molecule has 1 aromatic carbocycles. The van der Waals surface area contributed by atoms with Gasteiger partial charge in [-0.3, -0.25) is 4.55 Å². The van der Waals surface area contributed by atoms with Crippen LogP contribution < -0.4 is 5.32 Å². The highest BCUT2D eigenvalue weighted by molar-refractivity contribution is 7.85. The van der Waals surface area contributed by atoms with E-state index in [9.17, 15) is 12.8 Å². The number of halogens is 1. The highest BCUT2D eigenvalue weighted by atomic mass is 32.2. The van der Waals surface area contributed by atoms with Crippen LogP contribution in [0.4, 0.5) is 10.2 Å². The molecular formula is C14H16FN5O3S. The van der Waals surface area contributed by atoms with E-state index < -0.39 is 10.1 Å². The third kappa shape index (κ3) is 4.70. The zero-order valence-corrected chi connectivity index (χ0v) is 13.8. The van der Waals surface area contributed by atoms with Crippen LogP contribution in [0, 0.1) is 5.82 Å². The molecule has 0 fully saturated rings. The largest absolute Gasteiger partial charge is 0.371 e. The summed E-state index contributed by atoms with van der Waals surface area (Å²) in [6.45, 7) is 0.392. The molecule has 0 atom stereocenters. The molecule has 24 heavy (non-hydrogen) atoms. The summed E-state index contributed by atoms with van der Waals surface area (Å²) in [5, 5.41) is 2.96. The fourth-order valence-electron chi connectivity index (χ4n) is 1.99. The summed E-state index contributed by atoms with van der Waals surface area (Å²) in [5.74, 6) is 0.435. The van der Waals surface area contributed by atoms with Crippen molar-refractivity contribution in [1.82, 2.24) is 19.5 Å². The third-order valence-electron chi connectivity index (χ3n) is 2.94. The molecule has 2 N–H and O–H groups in total. The Morgan fingerprint density at radius 2 is 1.92 bits per heavy atom. The van der Waals surface area contributed by atoms with Gasteiger partial charge in [-0.1, -0.05) is 18.2 Å². The van der Waals surface area contributed by atoms with E-state index in [4.69, 9.17) is 4.55 Å². The van der Waals surface area contributed by atoms with Crippen LogP contribution in [-0.2, 0) is 16.7 Å². The zero-order chi connectivity index (χ0) is 17.7. The van der Waals surface area contributed by atoms with Crippen molar-refractivity contribution in [3.05, 3.63) is 48.3 Å². The summed E-state index contributed by atoms with van der Waals surface area (Å²) in [4.78, 5) is 12.6. The minimum absolute atomic E-state index is 0.229. The Hall–Kier alpha value is -2.59. The van der Waals surface area contributed by atoms with Gasteiger partial charge in [0.25, 0.3) is 10.1 Å². The summed E-state index contributed by atoms with van der Waals surface area (Å²) in [5.41, 5.74) is 1.97. The molecule has 8 nitrogen and oxygen atoms in total. The van der Waals surface area contributed by atoms with Gasteiger partial charge < -0.3 is 9.88 Å². The molecule has 10 heteroatoms. The number of nitrogens with zero attached hydrogens (tertiary/aromatic N) is 4. The Labute approximate surface area is 138 Å². The average Bonchev–Trinajstić information content (AvgIpc) is 2.91. The van der Waals surface area contributed by atoms with Crippen LogP contribution in [0.25, 0.3) is 11.2 Å². The topological polar surface area (TPSA) is 110 Å². The summed E-state index contributed by atoms with van der Waals surface area (Å²) < 4.78 is 41.3. The molecule has 0 radical (unpaired) electrons. The van der Waals surface area contributed by atoms with E-state index in [0.717, 1.165) is 0 Å². The second-order valence-electron chi connectivity index (χ2n) is 4.84. The Morgan fingerprint density at radius 3 is 2.54 bits per heavy atom. The van der Waals surface area contributed by atoms with Crippen molar-refractivity contribution < 1.29 is 17.4 Å². The number of aromatic nitrogens is 4. The van der Waals surface area contributed by atoms with Crippen molar-refractivity contribution in [1.29, 1.82) is 0 Å². The lowest BCUT2D eigenvalue weighted by Gasteiger charge is -2.05. The van der Waals surface area contributed by atoms with Crippen LogP contribution in [0.3, 0.4) is 0 Å². The molecular weight excluding hydrogens is 337 g/mol. The second-order valence-corrected chi connectivity index (χ2v) is 6.31. The van der Waals surface area contributed by atoms with Crippen LogP contribution in [0.2, 0.25) is 0 Å². The minimum atomic E-state index is -3.67. The molecule has 0 aliphatic rings. The third-order valence-corrected chi connectivity index (χ3v) is 2.94. The number of anilines is 1. The summed E-state index contributed by atoms with van der Waals surface area (Å²) in [6.07, 6.45) is 3.83. The van der Waals surface area contributed by atoms with Crippen molar-refractivity contribution in [2.24, 2.45) is 0 Å². The maximum Gasteiger partial charge on any atom is 0.261 e. The Balaban J connectivity index is 0.000000368. The molecule has 0 aliphatic heterocycles. The van der Waals surface area contributed by atoms with Crippen molar-refractivity contribution in [3.63, 3.8) is 0 Å². The van der Waals surface area contributed by atoms with Gasteiger partial charge in [-0.25, -0.2) is 19.3 Å². The molecule has 0 saturated carbocycles. The maximum absolute atomic E-state index is 13.6. The van der Waals surface area contributed by atoms with Crippen LogP contribution in [0.5, 0.6) is 0 Å². The van der Waals surface area contributed by atoms with Gasteiger partial charge in [0, 0.05) is 12.6 Å². The molecule has 0 aliphatic carbocycles. The van der Waals surface area contributed by atoms with Gasteiger partial charge >= 0.3 is 0 Å². The predicted octanol–water partition coefficient (Wildman–Crippen LogP) is 1.56. The minimum Gasteiger partial charge on any atom is -0.371 e. The summed E-state index contributed by atoms with van der Waals surface area (Å²) in [6, 6.07) is 6.68. The second kappa shape index (κ2) is 7.32. The lowest BCUT2D eigenvalue weighted by atomic mass is 10.2. The van der Waals surface area contributed by atoms with E-state index in [1.165, 1.54) is 12.4 Å². The number of fused-ring (bicyclic) bond motifs is 1. The van der Waals surface area contributed by atoms with Crippen molar-refractivity contribution >= 4 is 27.1 Å². The van der Waals surface area contributed by atoms with E-state index in [-0.39, 0.29) is 5.82 Å². The molecule has 3 aromatic rings. The van der Waals surface area contributed by atoms with Crippen LogP contribution in [0.15, 0.2) is 36.9 Å². The van der Waals surface area contributed by atoms with Gasteiger partial charge in [0.1, 0.15) is 17.7 Å². The van der Waals surface area contributed by atoms with Gasteiger partial charge in [-0.2, -0.15) is 8.42 Å². The first-order valence-electron chi connectivity index (χ1n) is 6.79. The lowest BCUT2D eigenvalue weighted by Crippen LogP contribution is -2.02. The van der Waals surface area contributed by atoms with Gasteiger partial charge in [0.15, 0.2) is 11.5 Å². The normalized spacial score (nSPS) is 11.0. The van der Waals surface area contributed by atoms with Crippen LogP contribution >= 0.6 is 0 Å². The van der Waals surface area contributed by atoms with E-state index in [0.29, 0.717) is 35.3 Å². The standard InChI is InChI=1S/C13H12FN5.CH4O3S/c1-15-12-11-13(17-7-16-12)19(8-18-11)6-9-4-2-3-5-10(9)14;1-5(2,3)4/h2-5,7-8H,6H2,1H3,(H,15,16,17);1H3,(H,2,3,4). The van der Waals surface area contributed by atoms with Crippen molar-refractivity contribution in [2.75, 3.05) is 18.6 Å². The fraction of sp³-hybridized carbons (Fsp3) is 0.214. The number of hydrogen-bond acceptors (Lipinski definition) is 6. The van der Waals surface area contributed by atoms with E-state index >= 15 is 0 Å². The predicted molar refractivity (Wildman–Crippen MR) is 87.8 cm³/mol. The molecule has 128 valence electrons. The van der Waals surface area contributed by atoms with Crippen LogP contribution in [0.1, 0.15) is 5.56 Å². The maximum atomic E-state index is 13.6. The molecule has 0 bridgehead atoms. The number of hydrogen-bond donors (Lipinski definition) is 2. The fourth-order valence-corrected chi connectivity index (χ4v) is 1.99. The van der Waals surface area contributed by atoms with Crippen molar-refractivity contribution in [3.8, 4) is 0 Å². The van der Waals surface area contributed by atoms with Gasteiger partial charge in [-0.05, 0) is 6.07 Å². The van der Waals surface area contributed by atoms with Gasteiger partial charge in [0.2, 0.25) is 0 Å². The number of imidazole rings is 1. The molecule has 3 rings (SSSR count). The Kier molecular flexibility index (Phi) is 5.42. The smallest absolute Gasteiger partial charge is 0.261 e. The number of rotatable bonds is 3. The van der Waals surface area contributed by atoms with E-state index in [1.54, 1.807) is 30.1 Å². The average molecular weight is 353 g/mol. The zero-order valence-electron chi connectivity index (χ0n) is 13.0. The highest BCUT2D eigenvalue weighted by Gasteiger charge is 2.10. The Morgan fingerprint density at radius 1 is 1.25 bits per heavy atom. The summed E-state index contributed by atoms with van der Waals surface area (Å²) in [7, 11) is -1.89. The van der Waals surface area contributed by atoms with E-state index in [2.05, 4.69) is 20.3 Å². The van der Waals surface area contributed by atoms with E-state index in [1.807, 2.05) is 6.07 Å². The monoisotopic (exact) mass is 353 g/mol. The molecule has 0 saturated heterocycles. The summed E-state index contributed by atoms with van der Waals surface area (Å²) >= 11 is 0. The van der Waals surface area contributed by atoms with Crippen LogP contribution in [-0.4, -0.2) is 45.8 Å². The first kappa shape index (κ1) is 17.8. The molecule has 2 heterocycles. The van der Waals surface area contributed by atoms with Gasteiger partial charge in [-0.15, -0.1) is 0 Å². The quantitative estimate of drug-likeness (QED) is 0.688. The number of nitrogens with one attached hydrogen (secondary N) is 1. The molecule has 0 spiro atoms. The molecule has 2 aromatic heterocycles. The van der Waals surface area contributed by atoms with Crippen molar-refractivity contribution in [2.45, 2.75) is 6.54 Å². The first-order valence-corrected chi connectivity index (χ1v) is 8.64. The Bertz CT molecular complexity index is 934. The lowest BCUT2D eigenvalue weighted by molar-refractivity contribution is 0.490. The first-order chi connectivity index (χ1) is 11.3. The van der Waals surface area contributed by atoms with Gasteiger partial charge in [0.05, 0.1) is 19.1 Å². The number of benzene rings is 1. The molecule has 0 amide bonds. The highest BCUT2D eigenvalue weighted by Crippen LogP contribution is 2.18.